The molecule has 0 bridgehead atoms. The van der Waals surface area contributed by atoms with Crippen LogP contribution in [0.4, 0.5) is 0 Å². The van der Waals surface area contributed by atoms with Gasteiger partial charge in [0.1, 0.15) is 5.75 Å². The van der Waals surface area contributed by atoms with Gasteiger partial charge in [-0.25, -0.2) is 0 Å². The van der Waals surface area contributed by atoms with Crippen LogP contribution < -0.4 is 10.1 Å². The number of rotatable bonds is 1. The number of benzene rings is 1. The zero-order valence-electron chi connectivity index (χ0n) is 12.8. The maximum absolute atomic E-state index is 5.88. The van der Waals surface area contributed by atoms with Crippen molar-refractivity contribution in [2.45, 2.75) is 39.5 Å². The Morgan fingerprint density at radius 2 is 2.15 bits per heavy atom. The number of hydrogen-bond acceptors (Lipinski definition) is 2. The van der Waals surface area contributed by atoms with E-state index in [1.54, 1.807) is 0 Å². The van der Waals surface area contributed by atoms with Gasteiger partial charge in [-0.2, -0.15) is 0 Å². The van der Waals surface area contributed by atoms with Crippen LogP contribution in [0.25, 0.3) is 0 Å². The highest BCUT2D eigenvalue weighted by atomic mass is 16.5. The van der Waals surface area contributed by atoms with E-state index in [1.165, 1.54) is 16.7 Å². The molecule has 1 aromatic rings. The van der Waals surface area contributed by atoms with Crippen LogP contribution in [0, 0.1) is 11.8 Å². The molecule has 108 valence electrons. The van der Waals surface area contributed by atoms with Crippen molar-refractivity contribution in [3.05, 3.63) is 41.2 Å². The molecule has 2 atom stereocenters. The summed E-state index contributed by atoms with van der Waals surface area (Å²) >= 11 is 0. The Kier molecular flexibility index (Phi) is 3.84. The molecule has 0 saturated heterocycles. The summed E-state index contributed by atoms with van der Waals surface area (Å²) in [7, 11) is 0. The van der Waals surface area contributed by atoms with Gasteiger partial charge in [0.05, 0.1) is 6.26 Å². The fraction of sp³-hybridized carbons (Fsp3) is 0.556. The molecule has 1 aromatic carbocycles. The Hall–Kier alpha value is -1.28. The molecular formula is C18H25NO. The number of allylic oxidation sites excluding steroid dienone is 1. The van der Waals surface area contributed by atoms with Crippen molar-refractivity contribution in [2.24, 2.45) is 11.8 Å². The van der Waals surface area contributed by atoms with Crippen molar-refractivity contribution >= 4 is 0 Å². The molecule has 2 unspecified atom stereocenters. The first-order valence-corrected chi connectivity index (χ1v) is 7.85. The van der Waals surface area contributed by atoms with Crippen molar-refractivity contribution in [3.8, 4) is 5.75 Å². The highest BCUT2D eigenvalue weighted by Gasteiger charge is 2.24. The second kappa shape index (κ2) is 5.61. The maximum Gasteiger partial charge on any atom is 0.133 e. The normalized spacial score (nSPS) is 25.4. The molecule has 0 fully saturated rings. The molecule has 2 heteroatoms. The standard InChI is InChI=1S/C18H25NO/c1-12(2)15-10-14-4-5-16-13(3)7-9-20-18(16)17(14)6-8-19-11-15/h4-5,7,9,12-13,15,19H,6,8,10-11H2,1-3H3. The summed E-state index contributed by atoms with van der Waals surface area (Å²) in [5.74, 6) is 3.01. The van der Waals surface area contributed by atoms with E-state index in [2.05, 4.69) is 44.3 Å². The fourth-order valence-electron chi connectivity index (χ4n) is 3.31. The van der Waals surface area contributed by atoms with Crippen molar-refractivity contribution in [1.29, 1.82) is 0 Å². The summed E-state index contributed by atoms with van der Waals surface area (Å²) in [6, 6.07) is 4.61. The van der Waals surface area contributed by atoms with Gasteiger partial charge in [-0.15, -0.1) is 0 Å². The van der Waals surface area contributed by atoms with E-state index in [4.69, 9.17) is 4.74 Å². The third-order valence-corrected chi connectivity index (χ3v) is 4.81. The highest BCUT2D eigenvalue weighted by Crippen LogP contribution is 2.38. The quantitative estimate of drug-likeness (QED) is 0.841. The van der Waals surface area contributed by atoms with E-state index in [9.17, 15) is 0 Å². The van der Waals surface area contributed by atoms with Crippen LogP contribution in [0.3, 0.4) is 0 Å². The van der Waals surface area contributed by atoms with Crippen molar-refractivity contribution < 1.29 is 4.74 Å². The Bertz CT molecular complexity index is 518. The van der Waals surface area contributed by atoms with Crippen LogP contribution in [0.15, 0.2) is 24.5 Å². The number of hydrogen-bond donors (Lipinski definition) is 1. The van der Waals surface area contributed by atoms with Crippen LogP contribution in [-0.4, -0.2) is 13.1 Å². The zero-order valence-corrected chi connectivity index (χ0v) is 12.8. The average molecular weight is 271 g/mol. The summed E-state index contributed by atoms with van der Waals surface area (Å²) in [6.07, 6.45) is 6.23. The van der Waals surface area contributed by atoms with E-state index < -0.39 is 0 Å². The molecule has 0 saturated carbocycles. The van der Waals surface area contributed by atoms with Crippen molar-refractivity contribution in [3.63, 3.8) is 0 Å². The smallest absolute Gasteiger partial charge is 0.133 e. The third-order valence-electron chi connectivity index (χ3n) is 4.81. The topological polar surface area (TPSA) is 21.3 Å². The molecule has 3 rings (SSSR count). The van der Waals surface area contributed by atoms with Gasteiger partial charge in [-0.05, 0) is 55.0 Å². The van der Waals surface area contributed by atoms with E-state index in [0.29, 0.717) is 17.8 Å². The molecule has 20 heavy (non-hydrogen) atoms. The molecule has 1 N–H and O–H groups in total. The van der Waals surface area contributed by atoms with Crippen LogP contribution in [0.2, 0.25) is 0 Å². The maximum atomic E-state index is 5.88. The largest absolute Gasteiger partial charge is 0.465 e. The van der Waals surface area contributed by atoms with Gasteiger partial charge in [0.2, 0.25) is 0 Å². The lowest BCUT2D eigenvalue weighted by Gasteiger charge is -2.29. The molecule has 2 aliphatic heterocycles. The molecule has 2 heterocycles. The molecule has 0 aromatic heterocycles. The first-order valence-electron chi connectivity index (χ1n) is 7.85. The average Bonchev–Trinajstić information content (AvgIpc) is 2.39. The predicted octanol–water partition coefficient (Wildman–Crippen LogP) is 3.66. The molecular weight excluding hydrogens is 246 g/mol. The van der Waals surface area contributed by atoms with E-state index in [1.807, 2.05) is 6.26 Å². The van der Waals surface area contributed by atoms with Gasteiger partial charge < -0.3 is 10.1 Å². The highest BCUT2D eigenvalue weighted by molar-refractivity contribution is 5.51. The minimum Gasteiger partial charge on any atom is -0.465 e. The van der Waals surface area contributed by atoms with Gasteiger partial charge in [0.25, 0.3) is 0 Å². The molecule has 0 amide bonds. The predicted molar refractivity (Wildman–Crippen MR) is 83.2 cm³/mol. The summed E-state index contributed by atoms with van der Waals surface area (Å²) in [5, 5.41) is 3.60. The Balaban J connectivity index is 2.00. The second-order valence-electron chi connectivity index (χ2n) is 6.52. The Morgan fingerprint density at radius 1 is 1.30 bits per heavy atom. The van der Waals surface area contributed by atoms with Gasteiger partial charge in [-0.1, -0.05) is 32.9 Å². The van der Waals surface area contributed by atoms with Gasteiger partial charge in [0, 0.05) is 11.5 Å². The summed E-state index contributed by atoms with van der Waals surface area (Å²) in [4.78, 5) is 0. The summed E-state index contributed by atoms with van der Waals surface area (Å²) < 4.78 is 5.88. The summed E-state index contributed by atoms with van der Waals surface area (Å²) in [6.45, 7) is 9.07. The zero-order chi connectivity index (χ0) is 14.1. The lowest BCUT2D eigenvalue weighted by Crippen LogP contribution is -2.32. The molecule has 0 radical (unpaired) electrons. The van der Waals surface area contributed by atoms with Gasteiger partial charge in [0.15, 0.2) is 0 Å². The van der Waals surface area contributed by atoms with Gasteiger partial charge in [-0.3, -0.25) is 0 Å². The van der Waals surface area contributed by atoms with Crippen LogP contribution in [-0.2, 0) is 12.8 Å². The second-order valence-corrected chi connectivity index (χ2v) is 6.52. The fourth-order valence-corrected chi connectivity index (χ4v) is 3.31. The van der Waals surface area contributed by atoms with Crippen molar-refractivity contribution in [1.82, 2.24) is 5.32 Å². The number of fused-ring (bicyclic) bond motifs is 3. The number of nitrogens with one attached hydrogen (secondary N) is 1. The van der Waals surface area contributed by atoms with Crippen LogP contribution in [0.1, 0.15) is 43.4 Å². The van der Waals surface area contributed by atoms with Gasteiger partial charge >= 0.3 is 0 Å². The summed E-state index contributed by atoms with van der Waals surface area (Å²) in [5.41, 5.74) is 4.26. The first-order chi connectivity index (χ1) is 9.66. The van der Waals surface area contributed by atoms with E-state index in [-0.39, 0.29) is 0 Å². The monoisotopic (exact) mass is 271 g/mol. The lowest BCUT2D eigenvalue weighted by atomic mass is 9.83. The molecule has 0 spiro atoms. The molecule has 0 aliphatic carbocycles. The lowest BCUT2D eigenvalue weighted by molar-refractivity contribution is 0.352. The van der Waals surface area contributed by atoms with Crippen LogP contribution >= 0.6 is 0 Å². The third kappa shape index (κ3) is 2.49. The number of ether oxygens (including phenoxy) is 1. The first kappa shape index (κ1) is 13.7. The Labute approximate surface area is 122 Å². The van der Waals surface area contributed by atoms with Crippen molar-refractivity contribution in [2.75, 3.05) is 13.1 Å². The SMILES string of the molecule is CC1C=COc2c1ccc1c2CCNCC(C(C)C)C1. The minimum absolute atomic E-state index is 0.461. The molecule has 2 nitrogen and oxygen atoms in total. The van der Waals surface area contributed by atoms with E-state index in [0.717, 1.165) is 31.7 Å². The van der Waals surface area contributed by atoms with E-state index >= 15 is 0 Å². The van der Waals surface area contributed by atoms with Crippen LogP contribution in [0.5, 0.6) is 5.75 Å². The minimum atomic E-state index is 0.461. The Morgan fingerprint density at radius 3 is 2.95 bits per heavy atom. The molecule has 2 aliphatic rings.